The van der Waals surface area contributed by atoms with Gasteiger partial charge in [-0.1, -0.05) is 0 Å². The molecular formula is C9H7F2NOS. The van der Waals surface area contributed by atoms with Gasteiger partial charge in [-0.05, 0) is 25.1 Å². The van der Waals surface area contributed by atoms with E-state index in [1.807, 2.05) is 0 Å². The monoisotopic (exact) mass is 215 g/mol. The molecule has 0 saturated carbocycles. The predicted octanol–water partition coefficient (Wildman–Crippen LogP) is 1.98. The lowest BCUT2D eigenvalue weighted by molar-refractivity contribution is 0.571. The fourth-order valence-electron chi connectivity index (χ4n) is 0.870. The van der Waals surface area contributed by atoms with E-state index in [4.69, 9.17) is 5.26 Å². The van der Waals surface area contributed by atoms with Crippen LogP contribution in [0.3, 0.4) is 0 Å². The van der Waals surface area contributed by atoms with E-state index in [9.17, 15) is 13.0 Å². The first kappa shape index (κ1) is 10.8. The molecule has 0 bridgehead atoms. The molecule has 0 aliphatic rings. The molecule has 0 heterocycles. The summed E-state index contributed by atoms with van der Waals surface area (Å²) in [5, 5.41) is 7.61. The number of hydrogen-bond acceptors (Lipinski definition) is 2. The van der Waals surface area contributed by atoms with Gasteiger partial charge in [-0.3, -0.25) is 4.21 Å². The third kappa shape index (κ3) is 2.15. The highest BCUT2D eigenvalue weighted by Crippen LogP contribution is 2.16. The largest absolute Gasteiger partial charge is 0.253 e. The van der Waals surface area contributed by atoms with Gasteiger partial charge in [0.05, 0.1) is 21.8 Å². The highest BCUT2D eigenvalue weighted by atomic mass is 32.2. The van der Waals surface area contributed by atoms with Crippen LogP contribution in [0.15, 0.2) is 23.1 Å². The summed E-state index contributed by atoms with van der Waals surface area (Å²) in [4.78, 5) is -0.265. The van der Waals surface area contributed by atoms with Crippen molar-refractivity contribution in [2.24, 2.45) is 0 Å². The van der Waals surface area contributed by atoms with Crippen LogP contribution in [0.4, 0.5) is 8.78 Å². The summed E-state index contributed by atoms with van der Waals surface area (Å²) in [6, 6.07) is 4.40. The van der Waals surface area contributed by atoms with Gasteiger partial charge in [0, 0.05) is 0 Å². The Morgan fingerprint density at radius 2 is 2.14 bits per heavy atom. The van der Waals surface area contributed by atoms with Crippen molar-refractivity contribution in [1.29, 1.82) is 5.26 Å². The average molecular weight is 215 g/mol. The summed E-state index contributed by atoms with van der Waals surface area (Å²) in [5.74, 6) is -1.42. The van der Waals surface area contributed by atoms with Gasteiger partial charge in [-0.2, -0.15) is 5.26 Å². The molecule has 2 atom stereocenters. The van der Waals surface area contributed by atoms with Gasteiger partial charge < -0.3 is 0 Å². The van der Waals surface area contributed by atoms with E-state index in [1.165, 1.54) is 6.92 Å². The van der Waals surface area contributed by atoms with Gasteiger partial charge in [0.15, 0.2) is 0 Å². The second-order valence-electron chi connectivity index (χ2n) is 2.64. The van der Waals surface area contributed by atoms with Gasteiger partial charge in [0.2, 0.25) is 0 Å². The third-order valence-electron chi connectivity index (χ3n) is 1.61. The molecule has 0 aromatic heterocycles. The highest BCUT2D eigenvalue weighted by Gasteiger charge is 2.17. The minimum Gasteiger partial charge on any atom is -0.253 e. The maximum absolute atomic E-state index is 13.0. The Morgan fingerprint density at radius 3 is 2.71 bits per heavy atom. The lowest BCUT2D eigenvalue weighted by atomic mass is 10.3. The van der Waals surface area contributed by atoms with Crippen LogP contribution in [0.2, 0.25) is 0 Å². The van der Waals surface area contributed by atoms with Crippen molar-refractivity contribution < 1.29 is 13.0 Å². The summed E-state index contributed by atoms with van der Waals surface area (Å²) < 4.78 is 37.2. The number of halogens is 2. The van der Waals surface area contributed by atoms with E-state index in [1.54, 1.807) is 6.07 Å². The van der Waals surface area contributed by atoms with Crippen molar-refractivity contribution in [2.75, 3.05) is 0 Å². The van der Waals surface area contributed by atoms with Crippen molar-refractivity contribution in [1.82, 2.24) is 0 Å². The molecular weight excluding hydrogens is 208 g/mol. The van der Waals surface area contributed by atoms with Gasteiger partial charge >= 0.3 is 0 Å². The zero-order valence-corrected chi connectivity index (χ0v) is 8.15. The highest BCUT2D eigenvalue weighted by molar-refractivity contribution is 7.86. The number of nitrogens with zero attached hydrogens (tertiary/aromatic N) is 1. The van der Waals surface area contributed by atoms with E-state index in [0.29, 0.717) is 0 Å². The summed E-state index contributed by atoms with van der Waals surface area (Å²) in [6.45, 7) is 1.39. The van der Waals surface area contributed by atoms with Crippen molar-refractivity contribution in [3.8, 4) is 6.07 Å². The van der Waals surface area contributed by atoms with E-state index >= 15 is 0 Å². The normalized spacial score (nSPS) is 14.4. The summed E-state index contributed by atoms with van der Waals surface area (Å²) >= 11 is 0. The average Bonchev–Trinajstić information content (AvgIpc) is 2.19. The van der Waals surface area contributed by atoms with Crippen LogP contribution in [0.1, 0.15) is 6.92 Å². The topological polar surface area (TPSA) is 40.9 Å². The van der Waals surface area contributed by atoms with Gasteiger partial charge in [-0.25, -0.2) is 8.78 Å². The van der Waals surface area contributed by atoms with Gasteiger partial charge in [-0.15, -0.1) is 0 Å². The van der Waals surface area contributed by atoms with Crippen LogP contribution in [0.5, 0.6) is 0 Å². The minimum absolute atomic E-state index is 0.265. The molecule has 0 amide bonds. The second kappa shape index (κ2) is 4.29. The zero-order chi connectivity index (χ0) is 10.7. The molecule has 0 fully saturated rings. The second-order valence-corrected chi connectivity index (χ2v) is 4.39. The first-order chi connectivity index (χ1) is 6.56. The predicted molar refractivity (Wildman–Crippen MR) is 47.8 cm³/mol. The molecule has 0 aliphatic carbocycles. The third-order valence-corrected chi connectivity index (χ3v) is 3.11. The first-order valence-electron chi connectivity index (χ1n) is 3.81. The van der Waals surface area contributed by atoms with Crippen molar-refractivity contribution in [3.05, 3.63) is 29.8 Å². The quantitative estimate of drug-likeness (QED) is 0.756. The number of benzene rings is 1. The Kier molecular flexibility index (Phi) is 3.31. The Hall–Kier alpha value is -1.28. The van der Waals surface area contributed by atoms with Crippen LogP contribution in [0, 0.1) is 23.0 Å². The molecule has 2 unspecified atom stereocenters. The molecule has 0 N–H and O–H groups in total. The molecule has 74 valence electrons. The van der Waals surface area contributed by atoms with Crippen molar-refractivity contribution in [3.63, 3.8) is 0 Å². The van der Waals surface area contributed by atoms with Gasteiger partial charge in [0.25, 0.3) is 0 Å². The Morgan fingerprint density at radius 1 is 1.50 bits per heavy atom. The maximum Gasteiger partial charge on any atom is 0.139 e. The lowest BCUT2D eigenvalue weighted by Crippen LogP contribution is -2.09. The Bertz CT molecular complexity index is 414. The molecule has 0 saturated heterocycles. The van der Waals surface area contributed by atoms with E-state index in [-0.39, 0.29) is 4.90 Å². The fraction of sp³-hybridized carbons (Fsp3) is 0.222. The van der Waals surface area contributed by atoms with Crippen LogP contribution in [-0.2, 0) is 10.8 Å². The first-order valence-corrected chi connectivity index (χ1v) is 5.03. The zero-order valence-electron chi connectivity index (χ0n) is 7.33. The van der Waals surface area contributed by atoms with Crippen LogP contribution in [0.25, 0.3) is 0 Å². The standard InChI is InChI=1S/C9H7F2NOS/c1-6(5-12)14(13)9-4-7(10)2-3-8(9)11/h2-4,6H,1H3. The molecule has 0 spiro atoms. The molecule has 1 aromatic carbocycles. The van der Waals surface area contributed by atoms with Crippen LogP contribution in [-0.4, -0.2) is 9.46 Å². The Balaban J connectivity index is 3.14. The number of hydrogen-bond donors (Lipinski definition) is 0. The molecule has 2 nitrogen and oxygen atoms in total. The van der Waals surface area contributed by atoms with Crippen molar-refractivity contribution in [2.45, 2.75) is 17.1 Å². The van der Waals surface area contributed by atoms with Crippen LogP contribution < -0.4 is 0 Å². The summed E-state index contributed by atoms with van der Waals surface area (Å²) in [7, 11) is -1.83. The molecule has 14 heavy (non-hydrogen) atoms. The summed E-state index contributed by atoms with van der Waals surface area (Å²) in [6.07, 6.45) is 0. The number of nitriles is 1. The van der Waals surface area contributed by atoms with Gasteiger partial charge in [0.1, 0.15) is 16.9 Å². The number of rotatable bonds is 2. The van der Waals surface area contributed by atoms with Crippen LogP contribution >= 0.6 is 0 Å². The maximum atomic E-state index is 13.0. The molecule has 0 radical (unpaired) electrons. The lowest BCUT2D eigenvalue weighted by Gasteiger charge is -2.04. The molecule has 5 heteroatoms. The van der Waals surface area contributed by atoms with Crippen molar-refractivity contribution >= 4 is 10.8 Å². The molecule has 1 rings (SSSR count). The molecule has 1 aromatic rings. The SMILES string of the molecule is CC(C#N)S(=O)c1cc(F)ccc1F. The smallest absolute Gasteiger partial charge is 0.139 e. The Labute approximate surface area is 82.6 Å². The van der Waals surface area contributed by atoms with E-state index in [0.717, 1.165) is 18.2 Å². The fourth-order valence-corrected chi connectivity index (χ4v) is 1.84. The summed E-state index contributed by atoms with van der Waals surface area (Å²) in [5.41, 5.74) is 0. The van der Waals surface area contributed by atoms with E-state index in [2.05, 4.69) is 0 Å². The molecule has 0 aliphatic heterocycles. The van der Waals surface area contributed by atoms with E-state index < -0.39 is 27.7 Å². The minimum atomic E-state index is -1.83.